The normalized spacial score (nSPS) is 33.5. The third-order valence-corrected chi connectivity index (χ3v) is 12.6. The van der Waals surface area contributed by atoms with Crippen LogP contribution < -0.4 is 0 Å². The monoisotopic (exact) mass is 510 g/mol. The Bertz CT molecular complexity index is 625. The van der Waals surface area contributed by atoms with Crippen LogP contribution in [0.25, 0.3) is 0 Å². The van der Waals surface area contributed by atoms with Gasteiger partial charge in [-0.15, -0.1) is 0 Å². The minimum Gasteiger partial charge on any atom is -0.379 e. The molecule has 4 nitrogen and oxygen atoms in total. The molecule has 0 aromatic heterocycles. The van der Waals surface area contributed by atoms with E-state index < -0.39 is 0 Å². The molecule has 5 atom stereocenters. The summed E-state index contributed by atoms with van der Waals surface area (Å²) in [5.41, 5.74) is 1.26. The van der Waals surface area contributed by atoms with Gasteiger partial charge in [0.15, 0.2) is 0 Å². The molecule has 35 heavy (non-hydrogen) atoms. The maximum absolute atomic E-state index is 5.75. The number of ether oxygens (including phenoxy) is 2. The molecule has 3 aliphatic rings. The first-order valence-corrected chi connectivity index (χ1v) is 15.9. The molecular weight excluding hydrogens is 452 g/mol. The van der Waals surface area contributed by atoms with Gasteiger partial charge in [0.1, 0.15) is 0 Å². The number of nitrogens with zero attached hydrogens (tertiary/aromatic N) is 2. The van der Waals surface area contributed by atoms with E-state index in [9.17, 15) is 0 Å². The molecule has 0 amide bonds. The standard InChI is InChI=1S/C30H58N2O2S/c1-10-25(31-13-17-33-18-14-31)29(11-2,27(5,6)7)22-35-23-30(12-3)26(21-24(4)28(30,8)9)32-15-19-34-20-16-32/h24-26H,10-23H2,1-9H3. The molecule has 0 aromatic rings. The molecule has 0 N–H and O–H groups in total. The number of thioether (sulfide) groups is 1. The molecule has 2 heterocycles. The van der Waals surface area contributed by atoms with Gasteiger partial charge in [0.25, 0.3) is 0 Å². The second-order valence-corrected chi connectivity index (χ2v) is 14.3. The molecule has 2 saturated heterocycles. The predicted molar refractivity (Wildman–Crippen MR) is 152 cm³/mol. The van der Waals surface area contributed by atoms with E-state index in [0.717, 1.165) is 58.5 Å². The molecule has 0 bridgehead atoms. The lowest BCUT2D eigenvalue weighted by molar-refractivity contribution is -0.0563. The van der Waals surface area contributed by atoms with Crippen molar-refractivity contribution in [2.24, 2.45) is 27.6 Å². The van der Waals surface area contributed by atoms with Crippen molar-refractivity contribution in [3.8, 4) is 0 Å². The largest absolute Gasteiger partial charge is 0.379 e. The van der Waals surface area contributed by atoms with Crippen LogP contribution in [0.15, 0.2) is 0 Å². The first-order valence-electron chi connectivity index (χ1n) is 14.7. The molecule has 5 unspecified atom stereocenters. The number of morpholine rings is 2. The summed E-state index contributed by atoms with van der Waals surface area (Å²) < 4.78 is 11.5. The first kappa shape index (κ1) is 29.7. The zero-order chi connectivity index (χ0) is 25.9. The molecule has 1 saturated carbocycles. The molecule has 206 valence electrons. The third-order valence-electron chi connectivity index (χ3n) is 11.2. The molecule has 3 rings (SSSR count). The average molecular weight is 511 g/mol. The Morgan fingerprint density at radius 3 is 2.00 bits per heavy atom. The van der Waals surface area contributed by atoms with Crippen molar-refractivity contribution in [3.05, 3.63) is 0 Å². The van der Waals surface area contributed by atoms with Gasteiger partial charge in [0, 0.05) is 55.2 Å². The van der Waals surface area contributed by atoms with Crippen LogP contribution in [0.5, 0.6) is 0 Å². The van der Waals surface area contributed by atoms with Crippen molar-refractivity contribution in [1.82, 2.24) is 9.80 Å². The van der Waals surface area contributed by atoms with E-state index in [2.05, 4.69) is 83.9 Å². The lowest BCUT2D eigenvalue weighted by Gasteiger charge is -2.55. The summed E-state index contributed by atoms with van der Waals surface area (Å²) >= 11 is 2.30. The van der Waals surface area contributed by atoms with E-state index in [-0.39, 0.29) is 5.41 Å². The van der Waals surface area contributed by atoms with E-state index in [0.29, 0.717) is 28.3 Å². The summed E-state index contributed by atoms with van der Waals surface area (Å²) in [5, 5.41) is 0. The van der Waals surface area contributed by atoms with Crippen molar-refractivity contribution in [2.45, 2.75) is 100 Å². The topological polar surface area (TPSA) is 24.9 Å². The molecule has 5 heteroatoms. The quantitative estimate of drug-likeness (QED) is 0.337. The summed E-state index contributed by atoms with van der Waals surface area (Å²) in [7, 11) is 0. The Balaban J connectivity index is 1.86. The fourth-order valence-corrected chi connectivity index (χ4v) is 10.7. The second kappa shape index (κ2) is 11.9. The van der Waals surface area contributed by atoms with Crippen molar-refractivity contribution in [2.75, 3.05) is 64.1 Å². The Morgan fingerprint density at radius 2 is 1.51 bits per heavy atom. The Labute approximate surface area is 222 Å². The third kappa shape index (κ3) is 5.51. The smallest absolute Gasteiger partial charge is 0.0594 e. The van der Waals surface area contributed by atoms with Gasteiger partial charge in [-0.25, -0.2) is 0 Å². The molecule has 0 aromatic carbocycles. The fourth-order valence-electron chi connectivity index (χ4n) is 8.22. The highest BCUT2D eigenvalue weighted by Crippen LogP contribution is 2.61. The summed E-state index contributed by atoms with van der Waals surface area (Å²) in [6.45, 7) is 30.5. The summed E-state index contributed by atoms with van der Waals surface area (Å²) in [5.74, 6) is 3.29. The highest BCUT2D eigenvalue weighted by Gasteiger charge is 2.59. The van der Waals surface area contributed by atoms with Gasteiger partial charge in [-0.2, -0.15) is 11.8 Å². The van der Waals surface area contributed by atoms with Crippen LogP contribution in [-0.2, 0) is 9.47 Å². The minimum atomic E-state index is 0.259. The zero-order valence-electron chi connectivity index (χ0n) is 24.8. The number of hydrogen-bond acceptors (Lipinski definition) is 5. The Hall–Kier alpha value is 0.190. The zero-order valence-corrected chi connectivity index (χ0v) is 25.6. The van der Waals surface area contributed by atoms with Crippen LogP contribution in [0.3, 0.4) is 0 Å². The maximum Gasteiger partial charge on any atom is 0.0594 e. The lowest BCUT2D eigenvalue weighted by atomic mass is 9.60. The Kier molecular flexibility index (Phi) is 10.1. The van der Waals surface area contributed by atoms with Crippen molar-refractivity contribution in [1.29, 1.82) is 0 Å². The highest BCUT2D eigenvalue weighted by atomic mass is 32.2. The van der Waals surface area contributed by atoms with Gasteiger partial charge in [-0.3, -0.25) is 9.80 Å². The molecule has 0 spiro atoms. The van der Waals surface area contributed by atoms with E-state index in [1.54, 1.807) is 0 Å². The summed E-state index contributed by atoms with van der Waals surface area (Å²) in [6, 6.07) is 1.30. The van der Waals surface area contributed by atoms with Crippen LogP contribution >= 0.6 is 11.8 Å². The molecular formula is C30H58N2O2S. The van der Waals surface area contributed by atoms with Gasteiger partial charge in [-0.05, 0) is 47.8 Å². The van der Waals surface area contributed by atoms with Crippen LogP contribution in [-0.4, -0.2) is 86.0 Å². The van der Waals surface area contributed by atoms with E-state index in [1.165, 1.54) is 37.2 Å². The molecule has 3 fully saturated rings. The van der Waals surface area contributed by atoms with Crippen molar-refractivity contribution >= 4 is 11.8 Å². The predicted octanol–water partition coefficient (Wildman–Crippen LogP) is 6.44. The SMILES string of the molecule is CCC(N1CCOCC1)C(CC)(CSCC1(CC)C(N2CCOCC2)CC(C)C1(C)C)C(C)(C)C. The van der Waals surface area contributed by atoms with Gasteiger partial charge in [-0.1, -0.05) is 62.3 Å². The van der Waals surface area contributed by atoms with Gasteiger partial charge < -0.3 is 9.47 Å². The summed E-state index contributed by atoms with van der Waals surface area (Å²) in [6.07, 6.45) is 5.08. The minimum absolute atomic E-state index is 0.259. The number of rotatable bonds is 10. The molecule has 0 radical (unpaired) electrons. The maximum atomic E-state index is 5.75. The first-order chi connectivity index (χ1) is 16.5. The van der Waals surface area contributed by atoms with Gasteiger partial charge >= 0.3 is 0 Å². The van der Waals surface area contributed by atoms with Crippen molar-refractivity contribution < 1.29 is 9.47 Å². The average Bonchev–Trinajstić information content (AvgIpc) is 3.04. The van der Waals surface area contributed by atoms with Crippen LogP contribution in [0.1, 0.15) is 88.0 Å². The van der Waals surface area contributed by atoms with Gasteiger partial charge in [0.05, 0.1) is 26.4 Å². The highest BCUT2D eigenvalue weighted by molar-refractivity contribution is 7.99. The summed E-state index contributed by atoms with van der Waals surface area (Å²) in [4.78, 5) is 5.57. The van der Waals surface area contributed by atoms with Crippen LogP contribution in [0.4, 0.5) is 0 Å². The van der Waals surface area contributed by atoms with Crippen LogP contribution in [0.2, 0.25) is 0 Å². The molecule has 2 aliphatic heterocycles. The van der Waals surface area contributed by atoms with Crippen LogP contribution in [0, 0.1) is 27.6 Å². The molecule has 1 aliphatic carbocycles. The second-order valence-electron chi connectivity index (χ2n) is 13.4. The van der Waals surface area contributed by atoms with E-state index in [1.807, 2.05) is 0 Å². The van der Waals surface area contributed by atoms with E-state index in [4.69, 9.17) is 9.47 Å². The van der Waals surface area contributed by atoms with Gasteiger partial charge in [0.2, 0.25) is 0 Å². The fraction of sp³-hybridized carbons (Fsp3) is 1.00. The van der Waals surface area contributed by atoms with Crippen molar-refractivity contribution in [3.63, 3.8) is 0 Å². The number of hydrogen-bond donors (Lipinski definition) is 0. The lowest BCUT2D eigenvalue weighted by Crippen LogP contribution is -2.58. The Morgan fingerprint density at radius 1 is 0.943 bits per heavy atom. The van der Waals surface area contributed by atoms with E-state index >= 15 is 0 Å².